The third-order valence-corrected chi connectivity index (χ3v) is 5.14. The first-order chi connectivity index (χ1) is 11.2. The molecule has 0 saturated carbocycles. The van der Waals surface area contributed by atoms with Gasteiger partial charge in [-0.1, -0.05) is 18.2 Å². The van der Waals surface area contributed by atoms with Gasteiger partial charge < -0.3 is 9.32 Å². The van der Waals surface area contributed by atoms with E-state index < -0.39 is 0 Å². The summed E-state index contributed by atoms with van der Waals surface area (Å²) in [6.45, 7) is 3.19. The molecule has 0 unspecified atom stereocenters. The first kappa shape index (κ1) is 14.2. The van der Waals surface area contributed by atoms with Crippen LogP contribution in [0.1, 0.15) is 26.7 Å². The summed E-state index contributed by atoms with van der Waals surface area (Å²) in [4.78, 5) is 20.5. The molecule has 0 fully saturated rings. The van der Waals surface area contributed by atoms with Crippen LogP contribution >= 0.6 is 11.3 Å². The number of benzene rings is 1. The van der Waals surface area contributed by atoms with E-state index in [0.717, 1.165) is 18.5 Å². The van der Waals surface area contributed by atoms with E-state index in [1.165, 1.54) is 10.4 Å². The molecular formula is C18H16N2O2S. The van der Waals surface area contributed by atoms with E-state index in [1.54, 1.807) is 18.3 Å². The smallest absolute Gasteiger partial charge is 0.276 e. The van der Waals surface area contributed by atoms with E-state index in [-0.39, 0.29) is 5.91 Å². The number of oxazole rings is 1. The number of carbonyl (C=O) groups is 1. The molecule has 1 aliphatic rings. The molecule has 0 saturated heterocycles. The van der Waals surface area contributed by atoms with Crippen molar-refractivity contribution in [3.05, 3.63) is 63.7 Å². The van der Waals surface area contributed by atoms with Crippen molar-refractivity contribution in [2.24, 2.45) is 0 Å². The van der Waals surface area contributed by atoms with Crippen LogP contribution in [0.25, 0.3) is 11.5 Å². The second-order valence-electron chi connectivity index (χ2n) is 5.64. The van der Waals surface area contributed by atoms with Gasteiger partial charge in [-0.25, -0.2) is 4.98 Å². The van der Waals surface area contributed by atoms with Crippen molar-refractivity contribution in [2.45, 2.75) is 19.9 Å². The molecule has 4 nitrogen and oxygen atoms in total. The summed E-state index contributed by atoms with van der Waals surface area (Å²) in [5.41, 5.74) is 2.55. The Hall–Kier alpha value is -2.40. The SMILES string of the molecule is Cc1oc(-c2ccccc2)nc1C(=O)N1CCc2sccc2C1. The van der Waals surface area contributed by atoms with E-state index in [2.05, 4.69) is 16.4 Å². The maximum atomic E-state index is 12.8. The Morgan fingerprint density at radius 1 is 1.26 bits per heavy atom. The molecule has 0 bridgehead atoms. The molecule has 0 radical (unpaired) electrons. The highest BCUT2D eigenvalue weighted by Gasteiger charge is 2.26. The zero-order chi connectivity index (χ0) is 15.8. The summed E-state index contributed by atoms with van der Waals surface area (Å²) < 4.78 is 5.71. The van der Waals surface area contributed by atoms with Gasteiger partial charge in [0.2, 0.25) is 5.89 Å². The number of rotatable bonds is 2. The molecule has 116 valence electrons. The number of hydrogen-bond acceptors (Lipinski definition) is 4. The first-order valence-electron chi connectivity index (χ1n) is 7.60. The molecule has 4 rings (SSSR count). The lowest BCUT2D eigenvalue weighted by Crippen LogP contribution is -2.35. The van der Waals surface area contributed by atoms with Crippen LogP contribution in [0.5, 0.6) is 0 Å². The fraction of sp³-hybridized carbons (Fsp3) is 0.222. The van der Waals surface area contributed by atoms with Crippen molar-refractivity contribution in [2.75, 3.05) is 6.54 Å². The van der Waals surface area contributed by atoms with Crippen LogP contribution in [0.4, 0.5) is 0 Å². The minimum Gasteiger partial charge on any atom is -0.441 e. The molecule has 2 aromatic heterocycles. The molecule has 0 atom stereocenters. The Kier molecular flexibility index (Phi) is 3.50. The number of fused-ring (bicyclic) bond motifs is 1. The molecule has 1 aliphatic heterocycles. The molecular weight excluding hydrogens is 308 g/mol. The van der Waals surface area contributed by atoms with Gasteiger partial charge in [-0.3, -0.25) is 4.79 Å². The maximum Gasteiger partial charge on any atom is 0.276 e. The van der Waals surface area contributed by atoms with E-state index in [0.29, 0.717) is 23.9 Å². The zero-order valence-electron chi connectivity index (χ0n) is 12.8. The standard InChI is InChI=1S/C18H16N2O2S/c1-12-16(19-17(22-12)13-5-3-2-4-6-13)18(21)20-9-7-15-14(11-20)8-10-23-15/h2-6,8,10H,7,9,11H2,1H3. The summed E-state index contributed by atoms with van der Waals surface area (Å²) >= 11 is 1.77. The summed E-state index contributed by atoms with van der Waals surface area (Å²) in [6.07, 6.45) is 0.918. The minimum absolute atomic E-state index is 0.0507. The van der Waals surface area contributed by atoms with Crippen LogP contribution in [0.2, 0.25) is 0 Å². The monoisotopic (exact) mass is 324 g/mol. The number of thiophene rings is 1. The molecule has 23 heavy (non-hydrogen) atoms. The van der Waals surface area contributed by atoms with Gasteiger partial charge in [-0.05, 0) is 42.5 Å². The molecule has 0 aliphatic carbocycles. The zero-order valence-corrected chi connectivity index (χ0v) is 13.6. The van der Waals surface area contributed by atoms with Crippen LogP contribution in [0, 0.1) is 6.92 Å². The lowest BCUT2D eigenvalue weighted by atomic mass is 10.1. The van der Waals surface area contributed by atoms with Gasteiger partial charge in [-0.2, -0.15) is 0 Å². The Bertz CT molecular complexity index is 851. The topological polar surface area (TPSA) is 46.3 Å². The summed E-state index contributed by atoms with van der Waals surface area (Å²) in [5, 5.41) is 2.09. The van der Waals surface area contributed by atoms with Crippen LogP contribution < -0.4 is 0 Å². The van der Waals surface area contributed by atoms with Crippen molar-refractivity contribution in [1.82, 2.24) is 9.88 Å². The molecule has 3 heterocycles. The Labute approximate surface area is 138 Å². The van der Waals surface area contributed by atoms with Crippen molar-refractivity contribution in [1.29, 1.82) is 0 Å². The highest BCUT2D eigenvalue weighted by Crippen LogP contribution is 2.27. The Balaban J connectivity index is 1.61. The van der Waals surface area contributed by atoms with Crippen molar-refractivity contribution < 1.29 is 9.21 Å². The van der Waals surface area contributed by atoms with Crippen LogP contribution in [0.15, 0.2) is 46.2 Å². The van der Waals surface area contributed by atoms with Crippen molar-refractivity contribution in [3.63, 3.8) is 0 Å². The Morgan fingerprint density at radius 2 is 2.09 bits per heavy atom. The van der Waals surface area contributed by atoms with E-state index in [4.69, 9.17) is 4.42 Å². The molecule has 5 heteroatoms. The average Bonchev–Trinajstić information content (AvgIpc) is 3.20. The second-order valence-corrected chi connectivity index (χ2v) is 6.64. The predicted octanol–water partition coefficient (Wildman–Crippen LogP) is 3.91. The molecule has 1 aromatic carbocycles. The summed E-state index contributed by atoms with van der Waals surface area (Å²) in [7, 11) is 0. The number of aromatic nitrogens is 1. The van der Waals surface area contributed by atoms with Gasteiger partial charge in [0.15, 0.2) is 5.69 Å². The van der Waals surface area contributed by atoms with Crippen molar-refractivity contribution in [3.8, 4) is 11.5 Å². The lowest BCUT2D eigenvalue weighted by Gasteiger charge is -2.26. The minimum atomic E-state index is -0.0507. The quantitative estimate of drug-likeness (QED) is 0.718. The van der Waals surface area contributed by atoms with Crippen LogP contribution in [-0.4, -0.2) is 22.3 Å². The summed E-state index contributed by atoms with van der Waals surface area (Å²) in [5.74, 6) is 1.02. The molecule has 0 spiro atoms. The largest absolute Gasteiger partial charge is 0.441 e. The van der Waals surface area contributed by atoms with Gasteiger partial charge >= 0.3 is 0 Å². The molecule has 0 N–H and O–H groups in total. The molecule has 1 amide bonds. The number of aryl methyl sites for hydroxylation is 1. The third-order valence-electron chi connectivity index (χ3n) is 4.11. The summed E-state index contributed by atoms with van der Waals surface area (Å²) in [6, 6.07) is 11.8. The number of carbonyl (C=O) groups excluding carboxylic acids is 1. The van der Waals surface area contributed by atoms with Gasteiger partial charge in [0.25, 0.3) is 5.91 Å². The lowest BCUT2D eigenvalue weighted by molar-refractivity contribution is 0.0729. The van der Waals surface area contributed by atoms with Crippen molar-refractivity contribution >= 4 is 17.2 Å². The van der Waals surface area contributed by atoms with Gasteiger partial charge in [0.1, 0.15) is 5.76 Å². The number of amides is 1. The third kappa shape index (κ3) is 2.57. The highest BCUT2D eigenvalue weighted by molar-refractivity contribution is 7.10. The highest BCUT2D eigenvalue weighted by atomic mass is 32.1. The van der Waals surface area contributed by atoms with Gasteiger partial charge in [0.05, 0.1) is 0 Å². The number of hydrogen-bond donors (Lipinski definition) is 0. The maximum absolute atomic E-state index is 12.8. The van der Waals surface area contributed by atoms with E-state index in [1.807, 2.05) is 35.2 Å². The average molecular weight is 324 g/mol. The fourth-order valence-corrected chi connectivity index (χ4v) is 3.76. The fourth-order valence-electron chi connectivity index (χ4n) is 2.87. The number of nitrogens with zero attached hydrogens (tertiary/aromatic N) is 2. The van der Waals surface area contributed by atoms with Crippen LogP contribution in [-0.2, 0) is 13.0 Å². The Morgan fingerprint density at radius 3 is 2.91 bits per heavy atom. The van der Waals surface area contributed by atoms with E-state index in [9.17, 15) is 4.79 Å². The van der Waals surface area contributed by atoms with Crippen LogP contribution in [0.3, 0.4) is 0 Å². The second kappa shape index (κ2) is 5.66. The van der Waals surface area contributed by atoms with Gasteiger partial charge in [0, 0.05) is 23.5 Å². The predicted molar refractivity (Wildman–Crippen MR) is 89.4 cm³/mol. The normalized spacial score (nSPS) is 13.9. The first-order valence-corrected chi connectivity index (χ1v) is 8.47. The van der Waals surface area contributed by atoms with E-state index >= 15 is 0 Å². The molecule has 3 aromatic rings. The van der Waals surface area contributed by atoms with Gasteiger partial charge in [-0.15, -0.1) is 11.3 Å².